The molecular weight excluding hydrogens is 252 g/mol. The van der Waals surface area contributed by atoms with E-state index in [-0.39, 0.29) is 5.41 Å². The summed E-state index contributed by atoms with van der Waals surface area (Å²) in [5, 5.41) is 0. The fourth-order valence-electron chi connectivity index (χ4n) is 2.01. The number of rotatable bonds is 6. The van der Waals surface area contributed by atoms with E-state index in [0.717, 1.165) is 22.6 Å². The Morgan fingerprint density at radius 1 is 1.15 bits per heavy atom. The monoisotopic (exact) mass is 278 g/mol. The van der Waals surface area contributed by atoms with E-state index >= 15 is 0 Å². The molecule has 0 aliphatic heterocycles. The first-order chi connectivity index (χ1) is 9.43. The van der Waals surface area contributed by atoms with Gasteiger partial charge in [-0.1, -0.05) is 32.9 Å². The van der Waals surface area contributed by atoms with Crippen LogP contribution >= 0.6 is 0 Å². The predicted molar refractivity (Wildman–Crippen MR) is 82.9 cm³/mol. The standard InChI is InChI=1S/C17H26O3/c1-7-20-12-15(17(2,3)4)16(19-6)13-9-8-10-14(11-13)18-5/h8-11H,7,12H2,1-6H3/b16-15+. The zero-order valence-electron chi connectivity index (χ0n) is 13.4. The third-order valence-corrected chi connectivity index (χ3v) is 3.17. The van der Waals surface area contributed by atoms with E-state index in [1.165, 1.54) is 0 Å². The second-order valence-electron chi connectivity index (χ2n) is 5.63. The van der Waals surface area contributed by atoms with Crippen LogP contribution in [0.15, 0.2) is 29.8 Å². The van der Waals surface area contributed by atoms with Crippen molar-refractivity contribution in [1.29, 1.82) is 0 Å². The van der Waals surface area contributed by atoms with Crippen LogP contribution in [0.2, 0.25) is 0 Å². The Morgan fingerprint density at radius 3 is 2.35 bits per heavy atom. The Bertz CT molecular complexity index is 456. The fourth-order valence-corrected chi connectivity index (χ4v) is 2.01. The number of hydrogen-bond acceptors (Lipinski definition) is 3. The molecule has 0 spiro atoms. The molecule has 112 valence electrons. The lowest BCUT2D eigenvalue weighted by Crippen LogP contribution is -2.17. The molecular formula is C17H26O3. The van der Waals surface area contributed by atoms with Crippen molar-refractivity contribution in [2.24, 2.45) is 5.41 Å². The first-order valence-corrected chi connectivity index (χ1v) is 6.93. The minimum atomic E-state index is -0.0242. The third kappa shape index (κ3) is 4.27. The SMILES string of the molecule is CCOC/C(=C(\OC)c1cccc(OC)c1)C(C)(C)C. The van der Waals surface area contributed by atoms with Gasteiger partial charge in [0.25, 0.3) is 0 Å². The highest BCUT2D eigenvalue weighted by Gasteiger charge is 2.23. The molecule has 0 heterocycles. The van der Waals surface area contributed by atoms with Gasteiger partial charge in [0, 0.05) is 17.7 Å². The van der Waals surface area contributed by atoms with Gasteiger partial charge in [0.2, 0.25) is 0 Å². The summed E-state index contributed by atoms with van der Waals surface area (Å²) in [6.45, 7) is 9.76. The maximum atomic E-state index is 5.67. The lowest BCUT2D eigenvalue weighted by Gasteiger charge is -2.26. The fraction of sp³-hybridized carbons (Fsp3) is 0.529. The van der Waals surface area contributed by atoms with Gasteiger partial charge in [-0.15, -0.1) is 0 Å². The van der Waals surface area contributed by atoms with Gasteiger partial charge in [-0.3, -0.25) is 0 Å². The van der Waals surface area contributed by atoms with Crippen LogP contribution in [0.25, 0.3) is 5.76 Å². The topological polar surface area (TPSA) is 27.7 Å². The molecule has 0 radical (unpaired) electrons. The first kappa shape index (κ1) is 16.6. The molecule has 20 heavy (non-hydrogen) atoms. The summed E-state index contributed by atoms with van der Waals surface area (Å²) in [6, 6.07) is 7.90. The molecule has 0 amide bonds. The molecule has 0 fully saturated rings. The second kappa shape index (κ2) is 7.34. The average molecular weight is 278 g/mol. The second-order valence-corrected chi connectivity index (χ2v) is 5.63. The Hall–Kier alpha value is -1.48. The van der Waals surface area contributed by atoms with Crippen LogP contribution in [0.5, 0.6) is 5.75 Å². The van der Waals surface area contributed by atoms with Gasteiger partial charge >= 0.3 is 0 Å². The molecule has 0 aliphatic carbocycles. The third-order valence-electron chi connectivity index (χ3n) is 3.17. The Labute approximate surface area is 122 Å². The van der Waals surface area contributed by atoms with E-state index in [2.05, 4.69) is 20.8 Å². The molecule has 0 unspecified atom stereocenters. The van der Waals surface area contributed by atoms with Gasteiger partial charge in [-0.2, -0.15) is 0 Å². The molecule has 0 aliphatic rings. The predicted octanol–water partition coefficient (Wildman–Crippen LogP) is 4.14. The van der Waals surface area contributed by atoms with Gasteiger partial charge in [0.1, 0.15) is 11.5 Å². The summed E-state index contributed by atoms with van der Waals surface area (Å²) in [6.07, 6.45) is 0. The van der Waals surface area contributed by atoms with Crippen molar-refractivity contribution >= 4 is 5.76 Å². The van der Waals surface area contributed by atoms with E-state index < -0.39 is 0 Å². The van der Waals surface area contributed by atoms with E-state index in [1.54, 1.807) is 14.2 Å². The van der Waals surface area contributed by atoms with Crippen molar-refractivity contribution in [2.45, 2.75) is 27.7 Å². The molecule has 1 rings (SSSR count). The molecule has 0 saturated heterocycles. The lowest BCUT2D eigenvalue weighted by molar-refractivity contribution is 0.155. The van der Waals surface area contributed by atoms with Crippen LogP contribution in [0.3, 0.4) is 0 Å². The Morgan fingerprint density at radius 2 is 1.85 bits per heavy atom. The first-order valence-electron chi connectivity index (χ1n) is 6.93. The number of hydrogen-bond donors (Lipinski definition) is 0. The van der Waals surface area contributed by atoms with Gasteiger partial charge in [0.05, 0.1) is 20.8 Å². The minimum Gasteiger partial charge on any atom is -0.497 e. The van der Waals surface area contributed by atoms with E-state index in [4.69, 9.17) is 14.2 Å². The summed E-state index contributed by atoms with van der Waals surface area (Å²) < 4.78 is 16.6. The molecule has 0 aromatic heterocycles. The molecule has 1 aromatic rings. The molecule has 0 saturated carbocycles. The molecule has 1 aromatic carbocycles. The van der Waals surface area contributed by atoms with Crippen molar-refractivity contribution in [3.8, 4) is 5.75 Å². The smallest absolute Gasteiger partial charge is 0.128 e. The van der Waals surface area contributed by atoms with E-state index in [1.807, 2.05) is 31.2 Å². The highest BCUT2D eigenvalue weighted by Crippen LogP contribution is 2.34. The summed E-state index contributed by atoms with van der Waals surface area (Å²) in [4.78, 5) is 0. The quantitative estimate of drug-likeness (QED) is 0.732. The Balaban J connectivity index is 3.30. The maximum Gasteiger partial charge on any atom is 0.128 e. The molecule has 0 N–H and O–H groups in total. The summed E-state index contributed by atoms with van der Waals surface area (Å²) >= 11 is 0. The van der Waals surface area contributed by atoms with Crippen molar-refractivity contribution in [1.82, 2.24) is 0 Å². The lowest BCUT2D eigenvalue weighted by atomic mass is 9.84. The van der Waals surface area contributed by atoms with Gasteiger partial charge in [-0.25, -0.2) is 0 Å². The van der Waals surface area contributed by atoms with Gasteiger partial charge < -0.3 is 14.2 Å². The van der Waals surface area contributed by atoms with Crippen molar-refractivity contribution in [2.75, 3.05) is 27.4 Å². The van der Waals surface area contributed by atoms with Crippen LogP contribution < -0.4 is 4.74 Å². The Kier molecular flexibility index (Phi) is 6.08. The highest BCUT2D eigenvalue weighted by atomic mass is 16.5. The number of methoxy groups -OCH3 is 2. The zero-order valence-corrected chi connectivity index (χ0v) is 13.4. The van der Waals surface area contributed by atoms with Crippen LogP contribution in [-0.2, 0) is 9.47 Å². The summed E-state index contributed by atoms with van der Waals surface area (Å²) in [5.41, 5.74) is 2.13. The molecule has 0 atom stereocenters. The van der Waals surface area contributed by atoms with Gasteiger partial charge in [0.15, 0.2) is 0 Å². The zero-order chi connectivity index (χ0) is 15.2. The van der Waals surface area contributed by atoms with Crippen LogP contribution in [0.4, 0.5) is 0 Å². The van der Waals surface area contributed by atoms with E-state index in [0.29, 0.717) is 13.2 Å². The maximum absolute atomic E-state index is 5.67. The molecule has 3 heteroatoms. The normalized spacial score (nSPS) is 12.9. The highest BCUT2D eigenvalue weighted by molar-refractivity contribution is 5.65. The van der Waals surface area contributed by atoms with Crippen LogP contribution in [-0.4, -0.2) is 27.4 Å². The minimum absolute atomic E-state index is 0.0242. The largest absolute Gasteiger partial charge is 0.497 e. The number of benzene rings is 1. The number of ether oxygens (including phenoxy) is 3. The molecule has 0 bridgehead atoms. The average Bonchev–Trinajstić information content (AvgIpc) is 2.42. The van der Waals surface area contributed by atoms with E-state index in [9.17, 15) is 0 Å². The van der Waals surface area contributed by atoms with Crippen molar-refractivity contribution in [3.05, 3.63) is 35.4 Å². The summed E-state index contributed by atoms with van der Waals surface area (Å²) in [7, 11) is 3.37. The van der Waals surface area contributed by atoms with Crippen LogP contribution in [0.1, 0.15) is 33.3 Å². The molecule has 3 nitrogen and oxygen atoms in total. The van der Waals surface area contributed by atoms with Crippen molar-refractivity contribution < 1.29 is 14.2 Å². The van der Waals surface area contributed by atoms with Gasteiger partial charge in [-0.05, 0) is 24.5 Å². The summed E-state index contributed by atoms with van der Waals surface area (Å²) in [5.74, 6) is 1.69. The van der Waals surface area contributed by atoms with Crippen molar-refractivity contribution in [3.63, 3.8) is 0 Å². The van der Waals surface area contributed by atoms with Crippen LogP contribution in [0, 0.1) is 5.41 Å².